The van der Waals surface area contributed by atoms with Gasteiger partial charge in [0.05, 0.1) is 11.0 Å². The van der Waals surface area contributed by atoms with E-state index in [4.69, 9.17) is 4.74 Å². The van der Waals surface area contributed by atoms with Crippen LogP contribution in [-0.2, 0) is 16.4 Å². The van der Waals surface area contributed by atoms with Crippen molar-refractivity contribution in [2.75, 3.05) is 12.4 Å². The molecule has 1 rings (SSSR count). The molecule has 20 heavy (non-hydrogen) atoms. The Hall–Kier alpha value is -1.07. The summed E-state index contributed by atoms with van der Waals surface area (Å²) in [6.07, 6.45) is 0. The Bertz CT molecular complexity index is 492. The summed E-state index contributed by atoms with van der Waals surface area (Å²) in [6.45, 7) is 8.60. The third-order valence-electron chi connectivity index (χ3n) is 2.99. The minimum absolute atomic E-state index is 0.0569. The highest BCUT2D eigenvalue weighted by atomic mass is 32.2. The van der Waals surface area contributed by atoms with E-state index in [2.05, 4.69) is 19.2 Å². The largest absolute Gasteiger partial charge is 0.493 e. The monoisotopic (exact) mass is 299 g/mol. The van der Waals surface area contributed by atoms with Gasteiger partial charge in [-0.2, -0.15) is 0 Å². The highest BCUT2D eigenvalue weighted by Gasteiger charge is 2.15. The second kappa shape index (κ2) is 7.64. The van der Waals surface area contributed by atoms with E-state index in [1.54, 1.807) is 13.8 Å². The third-order valence-corrected chi connectivity index (χ3v) is 5.16. The van der Waals surface area contributed by atoms with Gasteiger partial charge in [-0.15, -0.1) is 0 Å². The van der Waals surface area contributed by atoms with Crippen LogP contribution in [-0.4, -0.2) is 32.1 Å². The summed E-state index contributed by atoms with van der Waals surface area (Å²) < 4.78 is 28.7. The fourth-order valence-corrected chi connectivity index (χ4v) is 2.32. The van der Waals surface area contributed by atoms with E-state index in [0.29, 0.717) is 11.8 Å². The van der Waals surface area contributed by atoms with Crippen LogP contribution < -0.4 is 10.1 Å². The van der Waals surface area contributed by atoms with Crippen LogP contribution in [0.1, 0.15) is 33.3 Å². The molecule has 4 nitrogen and oxygen atoms in total. The van der Waals surface area contributed by atoms with Gasteiger partial charge in [-0.3, -0.25) is 0 Å². The Morgan fingerprint density at radius 1 is 1.10 bits per heavy atom. The van der Waals surface area contributed by atoms with Crippen molar-refractivity contribution in [3.05, 3.63) is 29.8 Å². The van der Waals surface area contributed by atoms with Gasteiger partial charge in [-0.05, 0) is 31.5 Å². The smallest absolute Gasteiger partial charge is 0.155 e. The van der Waals surface area contributed by atoms with Crippen LogP contribution in [0.5, 0.6) is 5.75 Å². The molecule has 0 bridgehead atoms. The molecule has 0 aromatic heterocycles. The fourth-order valence-electron chi connectivity index (χ4n) is 1.54. The first-order valence-corrected chi connectivity index (χ1v) is 8.69. The average molecular weight is 299 g/mol. The minimum atomic E-state index is -3.03. The van der Waals surface area contributed by atoms with E-state index in [-0.39, 0.29) is 17.6 Å². The number of ether oxygens (including phenoxy) is 1. The molecular formula is C15H25NO3S. The summed E-state index contributed by atoms with van der Waals surface area (Å²) in [5.74, 6) is 0.763. The molecule has 0 amide bonds. The molecule has 114 valence electrons. The average Bonchev–Trinajstić information content (AvgIpc) is 2.37. The highest BCUT2D eigenvalue weighted by Crippen LogP contribution is 2.12. The topological polar surface area (TPSA) is 55.4 Å². The molecule has 0 aliphatic rings. The van der Waals surface area contributed by atoms with E-state index in [0.717, 1.165) is 6.54 Å². The van der Waals surface area contributed by atoms with Crippen LogP contribution in [0, 0.1) is 0 Å². The lowest BCUT2D eigenvalue weighted by Crippen LogP contribution is -2.22. The lowest BCUT2D eigenvalue weighted by atomic mass is 10.2. The zero-order valence-electron chi connectivity index (χ0n) is 12.7. The molecule has 0 saturated carbocycles. The molecular weight excluding hydrogens is 274 g/mol. The number of nitrogens with one attached hydrogen (secondary N) is 1. The molecule has 0 aliphatic carbocycles. The maximum absolute atomic E-state index is 11.6. The summed E-state index contributed by atoms with van der Waals surface area (Å²) >= 11 is 0. The Morgan fingerprint density at radius 3 is 2.20 bits per heavy atom. The molecule has 0 radical (unpaired) electrons. The molecule has 1 aromatic carbocycles. The van der Waals surface area contributed by atoms with Gasteiger partial charge in [0.25, 0.3) is 0 Å². The maximum Gasteiger partial charge on any atom is 0.155 e. The van der Waals surface area contributed by atoms with Gasteiger partial charge in [0, 0.05) is 12.6 Å². The van der Waals surface area contributed by atoms with Gasteiger partial charge in [-0.25, -0.2) is 8.42 Å². The van der Waals surface area contributed by atoms with Crippen LogP contribution in [0.15, 0.2) is 24.3 Å². The van der Waals surface area contributed by atoms with Gasteiger partial charge in [0.15, 0.2) is 9.84 Å². The predicted molar refractivity (Wildman–Crippen MR) is 82.8 cm³/mol. The first kappa shape index (κ1) is 17.0. The Labute approximate surface area is 122 Å². The van der Waals surface area contributed by atoms with Crippen LogP contribution in [0.25, 0.3) is 0 Å². The normalized spacial score (nSPS) is 12.1. The van der Waals surface area contributed by atoms with E-state index in [1.807, 2.05) is 24.3 Å². The van der Waals surface area contributed by atoms with Gasteiger partial charge >= 0.3 is 0 Å². The van der Waals surface area contributed by atoms with Gasteiger partial charge in [0.1, 0.15) is 12.4 Å². The summed E-state index contributed by atoms with van der Waals surface area (Å²) in [4.78, 5) is 0. The zero-order chi connectivity index (χ0) is 15.2. The number of sulfone groups is 1. The molecule has 0 saturated heterocycles. The van der Waals surface area contributed by atoms with Crippen molar-refractivity contribution >= 4 is 9.84 Å². The van der Waals surface area contributed by atoms with Crippen LogP contribution in [0.4, 0.5) is 0 Å². The van der Waals surface area contributed by atoms with E-state index in [1.165, 1.54) is 5.56 Å². The molecule has 0 fully saturated rings. The van der Waals surface area contributed by atoms with Crippen molar-refractivity contribution in [2.24, 2.45) is 0 Å². The summed E-state index contributed by atoms with van der Waals surface area (Å²) in [7, 11) is -3.03. The Kier molecular flexibility index (Phi) is 6.49. The molecule has 0 unspecified atom stereocenters. The SMILES string of the molecule is CC(C)NCc1ccc(OCCS(=O)(=O)C(C)C)cc1. The van der Waals surface area contributed by atoms with Gasteiger partial charge in [0.2, 0.25) is 0 Å². The third kappa shape index (κ3) is 5.92. The first-order valence-electron chi connectivity index (χ1n) is 6.98. The molecule has 5 heteroatoms. The standard InChI is InChI=1S/C15H25NO3S/c1-12(2)16-11-14-5-7-15(8-6-14)19-9-10-20(17,18)13(3)4/h5-8,12-13,16H,9-11H2,1-4H3. The van der Waals surface area contributed by atoms with Gasteiger partial charge in [-0.1, -0.05) is 26.0 Å². The molecule has 0 spiro atoms. The number of rotatable bonds is 8. The number of hydrogen-bond donors (Lipinski definition) is 1. The Morgan fingerprint density at radius 2 is 1.70 bits per heavy atom. The van der Waals surface area contributed by atoms with E-state index >= 15 is 0 Å². The minimum Gasteiger partial charge on any atom is -0.493 e. The Balaban J connectivity index is 2.42. The van der Waals surface area contributed by atoms with Crippen molar-refractivity contribution in [3.63, 3.8) is 0 Å². The second-order valence-electron chi connectivity index (χ2n) is 5.44. The van der Waals surface area contributed by atoms with Crippen molar-refractivity contribution in [2.45, 2.75) is 45.5 Å². The summed E-state index contributed by atoms with van der Waals surface area (Å²) in [5, 5.41) is 2.99. The quantitative estimate of drug-likeness (QED) is 0.801. The second-order valence-corrected chi connectivity index (χ2v) is 8.12. The molecule has 1 N–H and O–H groups in total. The lowest BCUT2D eigenvalue weighted by molar-refractivity contribution is 0.340. The molecule has 0 atom stereocenters. The highest BCUT2D eigenvalue weighted by molar-refractivity contribution is 7.91. The fraction of sp³-hybridized carbons (Fsp3) is 0.600. The van der Waals surface area contributed by atoms with E-state index < -0.39 is 9.84 Å². The molecule has 0 aliphatic heterocycles. The predicted octanol–water partition coefficient (Wildman–Crippen LogP) is 2.39. The number of hydrogen-bond acceptors (Lipinski definition) is 4. The van der Waals surface area contributed by atoms with Crippen molar-refractivity contribution < 1.29 is 13.2 Å². The lowest BCUT2D eigenvalue weighted by Gasteiger charge is -2.11. The molecule has 1 aromatic rings. The van der Waals surface area contributed by atoms with Crippen LogP contribution >= 0.6 is 0 Å². The first-order chi connectivity index (χ1) is 9.31. The van der Waals surface area contributed by atoms with E-state index in [9.17, 15) is 8.42 Å². The van der Waals surface area contributed by atoms with Crippen molar-refractivity contribution in [1.29, 1.82) is 0 Å². The summed E-state index contributed by atoms with van der Waals surface area (Å²) in [5.41, 5.74) is 1.18. The zero-order valence-corrected chi connectivity index (χ0v) is 13.5. The maximum atomic E-state index is 11.6. The van der Waals surface area contributed by atoms with Crippen LogP contribution in [0.3, 0.4) is 0 Å². The van der Waals surface area contributed by atoms with Gasteiger partial charge < -0.3 is 10.1 Å². The number of benzene rings is 1. The molecule has 0 heterocycles. The van der Waals surface area contributed by atoms with Crippen molar-refractivity contribution in [3.8, 4) is 5.75 Å². The van der Waals surface area contributed by atoms with Crippen LogP contribution in [0.2, 0.25) is 0 Å². The summed E-state index contributed by atoms with van der Waals surface area (Å²) in [6, 6.07) is 8.18. The van der Waals surface area contributed by atoms with Crippen molar-refractivity contribution in [1.82, 2.24) is 5.32 Å².